The zero-order valence-corrected chi connectivity index (χ0v) is 8.67. The zero-order chi connectivity index (χ0) is 9.97. The molecule has 1 N–H and O–H groups in total. The molecular weight excluding hydrogens is 172 g/mol. The first-order valence-electron chi connectivity index (χ1n) is 4.94. The van der Waals surface area contributed by atoms with E-state index in [4.69, 9.17) is 0 Å². The number of H-pyrrole nitrogens is 1. The summed E-state index contributed by atoms with van der Waals surface area (Å²) in [5, 5.41) is 5.47. The van der Waals surface area contributed by atoms with E-state index >= 15 is 0 Å². The van der Waals surface area contributed by atoms with Crippen molar-refractivity contribution >= 4 is 10.9 Å². The maximum Gasteiger partial charge on any atom is 0.0486 e. The van der Waals surface area contributed by atoms with Gasteiger partial charge in [0.1, 0.15) is 0 Å². The van der Waals surface area contributed by atoms with Gasteiger partial charge in [-0.1, -0.05) is 18.2 Å². The molecule has 0 bridgehead atoms. The van der Waals surface area contributed by atoms with Gasteiger partial charge in [-0.15, -0.1) is 6.54 Å². The Balaban J connectivity index is 2.42. The minimum absolute atomic E-state index is 0.904. The maximum absolute atomic E-state index is 4.13. The van der Waals surface area contributed by atoms with Crippen molar-refractivity contribution in [2.75, 3.05) is 13.6 Å². The lowest BCUT2D eigenvalue weighted by molar-refractivity contribution is 1.05. The van der Waals surface area contributed by atoms with E-state index in [-0.39, 0.29) is 0 Å². The van der Waals surface area contributed by atoms with Crippen LogP contribution in [0.5, 0.6) is 0 Å². The van der Waals surface area contributed by atoms with Gasteiger partial charge >= 0.3 is 0 Å². The van der Waals surface area contributed by atoms with Crippen LogP contribution in [0.2, 0.25) is 0 Å². The molecule has 1 heterocycles. The second-order valence-electron chi connectivity index (χ2n) is 3.60. The van der Waals surface area contributed by atoms with Crippen LogP contribution in [0.1, 0.15) is 11.1 Å². The van der Waals surface area contributed by atoms with Crippen LogP contribution in [0, 0.1) is 6.92 Å². The number of para-hydroxylation sites is 1. The quantitative estimate of drug-likeness (QED) is 0.765. The summed E-state index contributed by atoms with van der Waals surface area (Å²) in [6.45, 7) is 3.04. The number of aromatic nitrogens is 1. The minimum atomic E-state index is 0.904. The maximum atomic E-state index is 4.13. The number of fused-ring (bicyclic) bond motifs is 1. The van der Waals surface area contributed by atoms with Gasteiger partial charge in [-0.3, -0.25) is 0 Å². The smallest absolute Gasteiger partial charge is 0.0486 e. The number of rotatable bonds is 3. The Bertz CT molecular complexity index is 429. The Morgan fingerprint density at radius 1 is 1.36 bits per heavy atom. The third-order valence-corrected chi connectivity index (χ3v) is 2.61. The van der Waals surface area contributed by atoms with E-state index in [1.807, 2.05) is 7.05 Å². The second kappa shape index (κ2) is 3.84. The molecule has 2 nitrogen and oxygen atoms in total. The fourth-order valence-corrected chi connectivity index (χ4v) is 1.80. The summed E-state index contributed by atoms with van der Waals surface area (Å²) in [7, 11) is 1.86. The van der Waals surface area contributed by atoms with Crippen LogP contribution in [0.25, 0.3) is 16.2 Å². The SMILES string of the molecule is C[N-]CCc1c[nH]c2c(C)cccc12. The monoisotopic (exact) mass is 187 g/mol. The average Bonchev–Trinajstić information content (AvgIpc) is 2.60. The molecule has 0 aliphatic rings. The van der Waals surface area contributed by atoms with Gasteiger partial charge in [-0.2, -0.15) is 7.05 Å². The second-order valence-corrected chi connectivity index (χ2v) is 3.60. The summed E-state index contributed by atoms with van der Waals surface area (Å²) in [5.41, 5.74) is 3.94. The number of nitrogens with zero attached hydrogens (tertiary/aromatic N) is 1. The first-order valence-corrected chi connectivity index (χ1v) is 4.94. The predicted octanol–water partition coefficient (Wildman–Crippen LogP) is 3.02. The third-order valence-electron chi connectivity index (χ3n) is 2.61. The first kappa shape index (κ1) is 9.28. The van der Waals surface area contributed by atoms with Crippen LogP contribution in [0.3, 0.4) is 0 Å². The van der Waals surface area contributed by atoms with Crippen LogP contribution in [-0.4, -0.2) is 18.6 Å². The lowest BCUT2D eigenvalue weighted by Crippen LogP contribution is -1.88. The van der Waals surface area contributed by atoms with Crippen molar-refractivity contribution in [3.05, 3.63) is 40.8 Å². The molecule has 1 aromatic heterocycles. The van der Waals surface area contributed by atoms with E-state index in [0.29, 0.717) is 0 Å². The molecule has 0 fully saturated rings. The van der Waals surface area contributed by atoms with Crippen molar-refractivity contribution in [2.24, 2.45) is 0 Å². The Hall–Kier alpha value is -1.28. The highest BCUT2D eigenvalue weighted by molar-refractivity contribution is 5.85. The van der Waals surface area contributed by atoms with E-state index in [1.165, 1.54) is 22.0 Å². The highest BCUT2D eigenvalue weighted by Crippen LogP contribution is 2.21. The van der Waals surface area contributed by atoms with Gasteiger partial charge in [0, 0.05) is 17.1 Å². The van der Waals surface area contributed by atoms with E-state index in [1.54, 1.807) is 0 Å². The molecule has 1 aromatic carbocycles. The molecule has 2 aromatic rings. The number of hydrogen-bond acceptors (Lipinski definition) is 0. The zero-order valence-electron chi connectivity index (χ0n) is 8.67. The summed E-state index contributed by atoms with van der Waals surface area (Å²) < 4.78 is 0. The first-order chi connectivity index (χ1) is 6.83. The number of hydrogen-bond donors (Lipinski definition) is 1. The van der Waals surface area contributed by atoms with E-state index in [2.05, 4.69) is 41.6 Å². The Kier molecular flexibility index (Phi) is 2.55. The van der Waals surface area contributed by atoms with Crippen molar-refractivity contribution in [1.29, 1.82) is 0 Å². The molecule has 0 atom stereocenters. The summed E-state index contributed by atoms with van der Waals surface area (Å²) in [6.07, 6.45) is 3.13. The van der Waals surface area contributed by atoms with Gasteiger partial charge in [0.15, 0.2) is 0 Å². The number of nitrogens with one attached hydrogen (secondary N) is 1. The van der Waals surface area contributed by atoms with Crippen LogP contribution in [-0.2, 0) is 6.42 Å². The third kappa shape index (κ3) is 1.53. The standard InChI is InChI=1S/C12H15N2/c1-9-4-3-5-11-10(6-7-13-2)8-14-12(9)11/h3-5,8,14H,6-7H2,1-2H3/q-1. The molecule has 0 spiro atoms. The minimum Gasteiger partial charge on any atom is -0.665 e. The van der Waals surface area contributed by atoms with Crippen LogP contribution >= 0.6 is 0 Å². The summed E-state index contributed by atoms with van der Waals surface area (Å²) in [5.74, 6) is 0. The van der Waals surface area contributed by atoms with E-state index in [9.17, 15) is 0 Å². The van der Waals surface area contributed by atoms with Crippen molar-refractivity contribution < 1.29 is 0 Å². The summed E-state index contributed by atoms with van der Waals surface area (Å²) in [4.78, 5) is 3.32. The highest BCUT2D eigenvalue weighted by atomic mass is 14.8. The van der Waals surface area contributed by atoms with E-state index < -0.39 is 0 Å². The fraction of sp³-hybridized carbons (Fsp3) is 0.333. The van der Waals surface area contributed by atoms with E-state index in [0.717, 1.165) is 13.0 Å². The van der Waals surface area contributed by atoms with Gasteiger partial charge in [0.05, 0.1) is 0 Å². The van der Waals surface area contributed by atoms with Gasteiger partial charge < -0.3 is 10.3 Å². The topological polar surface area (TPSA) is 29.9 Å². The molecule has 74 valence electrons. The highest BCUT2D eigenvalue weighted by Gasteiger charge is 2.02. The van der Waals surface area contributed by atoms with Gasteiger partial charge in [0.2, 0.25) is 0 Å². The number of benzene rings is 1. The lowest BCUT2D eigenvalue weighted by Gasteiger charge is -2.09. The fourth-order valence-electron chi connectivity index (χ4n) is 1.80. The van der Waals surface area contributed by atoms with Crippen molar-refractivity contribution in [3.8, 4) is 0 Å². The molecule has 0 aliphatic carbocycles. The predicted molar refractivity (Wildman–Crippen MR) is 60.9 cm³/mol. The molecule has 0 aliphatic heterocycles. The number of likely N-dealkylation sites (N-methyl/N-ethyl adjacent to an activating group) is 1. The van der Waals surface area contributed by atoms with Gasteiger partial charge in [0.25, 0.3) is 0 Å². The molecule has 2 heteroatoms. The summed E-state index contributed by atoms with van der Waals surface area (Å²) in [6, 6.07) is 6.41. The van der Waals surface area contributed by atoms with Gasteiger partial charge in [-0.25, -0.2) is 0 Å². The molecule has 0 saturated heterocycles. The Labute approximate surface area is 84.3 Å². The van der Waals surface area contributed by atoms with Crippen LogP contribution in [0.4, 0.5) is 0 Å². The molecule has 0 saturated carbocycles. The Morgan fingerprint density at radius 2 is 2.21 bits per heavy atom. The Morgan fingerprint density at radius 3 is 3.00 bits per heavy atom. The van der Waals surface area contributed by atoms with Crippen LogP contribution < -0.4 is 0 Å². The largest absolute Gasteiger partial charge is 0.665 e. The number of aromatic amines is 1. The lowest BCUT2D eigenvalue weighted by atomic mass is 10.1. The van der Waals surface area contributed by atoms with Crippen molar-refractivity contribution in [3.63, 3.8) is 0 Å². The normalized spacial score (nSPS) is 11.0. The molecular formula is C12H15N2-. The van der Waals surface area contributed by atoms with Crippen molar-refractivity contribution in [2.45, 2.75) is 13.3 Å². The van der Waals surface area contributed by atoms with Gasteiger partial charge in [-0.05, 0) is 24.5 Å². The molecule has 2 rings (SSSR count). The molecule has 0 amide bonds. The number of aryl methyl sites for hydroxylation is 1. The summed E-state index contributed by atoms with van der Waals surface area (Å²) >= 11 is 0. The molecule has 0 radical (unpaired) electrons. The van der Waals surface area contributed by atoms with Crippen LogP contribution in [0.15, 0.2) is 24.4 Å². The van der Waals surface area contributed by atoms with Crippen molar-refractivity contribution in [1.82, 2.24) is 4.98 Å². The average molecular weight is 187 g/mol. The molecule has 0 unspecified atom stereocenters. The molecule has 14 heavy (non-hydrogen) atoms.